The van der Waals surface area contributed by atoms with Crippen LogP contribution in [0.25, 0.3) is 10.8 Å². The predicted molar refractivity (Wildman–Crippen MR) is 116 cm³/mol. The Kier molecular flexibility index (Phi) is 6.72. The SMILES string of the molecule is CC(N)CC(Cn1ccc2cc(Br)c(F)cc2c1=O)O[Si](C)(C)C(C)(C)C. The van der Waals surface area contributed by atoms with Gasteiger partial charge in [-0.3, -0.25) is 4.79 Å². The zero-order chi connectivity index (χ0) is 20.6. The Morgan fingerprint density at radius 3 is 2.52 bits per heavy atom. The van der Waals surface area contributed by atoms with Crippen LogP contribution in [0.5, 0.6) is 0 Å². The van der Waals surface area contributed by atoms with Gasteiger partial charge in [-0.15, -0.1) is 0 Å². The quantitative estimate of drug-likeness (QED) is 0.619. The van der Waals surface area contributed by atoms with Crippen LogP contribution in [0, 0.1) is 5.82 Å². The molecule has 7 heteroatoms. The summed E-state index contributed by atoms with van der Waals surface area (Å²) >= 11 is 3.17. The third-order valence-electron chi connectivity index (χ3n) is 5.32. The fourth-order valence-electron chi connectivity index (χ4n) is 2.81. The topological polar surface area (TPSA) is 57.2 Å². The first-order valence-electron chi connectivity index (χ1n) is 9.23. The van der Waals surface area contributed by atoms with Gasteiger partial charge in [0, 0.05) is 12.2 Å². The number of aromatic nitrogens is 1. The van der Waals surface area contributed by atoms with Crippen molar-refractivity contribution in [1.29, 1.82) is 0 Å². The molecule has 2 unspecified atom stereocenters. The average molecular weight is 457 g/mol. The molecule has 0 aliphatic carbocycles. The van der Waals surface area contributed by atoms with Gasteiger partial charge in [-0.05, 0) is 71.0 Å². The number of fused-ring (bicyclic) bond motifs is 1. The van der Waals surface area contributed by atoms with Gasteiger partial charge >= 0.3 is 0 Å². The van der Waals surface area contributed by atoms with Crippen molar-refractivity contribution in [2.75, 3.05) is 0 Å². The Labute approximate surface area is 170 Å². The molecule has 0 saturated carbocycles. The summed E-state index contributed by atoms with van der Waals surface area (Å²) < 4.78 is 22.4. The molecule has 4 nitrogen and oxygen atoms in total. The smallest absolute Gasteiger partial charge is 0.258 e. The molecule has 0 aliphatic heterocycles. The highest BCUT2D eigenvalue weighted by Gasteiger charge is 2.39. The summed E-state index contributed by atoms with van der Waals surface area (Å²) in [5, 5.41) is 1.14. The molecule has 2 atom stereocenters. The van der Waals surface area contributed by atoms with Gasteiger partial charge in [0.25, 0.3) is 5.56 Å². The molecule has 1 aromatic carbocycles. The van der Waals surface area contributed by atoms with Crippen LogP contribution in [-0.2, 0) is 11.0 Å². The van der Waals surface area contributed by atoms with Gasteiger partial charge < -0.3 is 14.7 Å². The minimum atomic E-state index is -2.01. The number of halogens is 2. The molecule has 2 aromatic rings. The van der Waals surface area contributed by atoms with Crippen molar-refractivity contribution in [1.82, 2.24) is 4.57 Å². The number of nitrogens with zero attached hydrogens (tertiary/aromatic N) is 1. The van der Waals surface area contributed by atoms with Crippen LogP contribution in [0.3, 0.4) is 0 Å². The van der Waals surface area contributed by atoms with E-state index in [2.05, 4.69) is 49.8 Å². The van der Waals surface area contributed by atoms with Crippen molar-refractivity contribution in [2.45, 2.75) is 70.9 Å². The lowest BCUT2D eigenvalue weighted by atomic mass is 10.1. The fourth-order valence-corrected chi connectivity index (χ4v) is 4.53. The van der Waals surface area contributed by atoms with Gasteiger partial charge in [0.05, 0.1) is 22.5 Å². The number of pyridine rings is 1. The summed E-state index contributed by atoms with van der Waals surface area (Å²) in [4.78, 5) is 12.9. The largest absolute Gasteiger partial charge is 0.412 e. The standard InChI is InChI=1S/C20H30BrFN2O2Si/c1-13(23)9-15(26-27(5,6)20(2,3)4)12-24-8-7-14-10-17(21)18(22)11-16(14)19(24)25/h7-8,10-11,13,15H,9,12,23H2,1-6H3. The monoisotopic (exact) mass is 456 g/mol. The maximum atomic E-state index is 13.9. The van der Waals surface area contributed by atoms with Gasteiger partial charge in [0.15, 0.2) is 8.32 Å². The number of nitrogens with two attached hydrogens (primary N) is 1. The summed E-state index contributed by atoms with van der Waals surface area (Å²) in [6, 6.07) is 4.70. The Morgan fingerprint density at radius 1 is 1.33 bits per heavy atom. The summed E-state index contributed by atoms with van der Waals surface area (Å²) in [6.45, 7) is 13.3. The minimum Gasteiger partial charge on any atom is -0.412 e. The van der Waals surface area contributed by atoms with E-state index < -0.39 is 14.1 Å². The zero-order valence-electron chi connectivity index (χ0n) is 17.0. The normalized spacial score (nSPS) is 15.1. The molecular formula is C20H30BrFN2O2Si. The van der Waals surface area contributed by atoms with Crippen LogP contribution in [0.2, 0.25) is 18.1 Å². The first-order valence-corrected chi connectivity index (χ1v) is 12.9. The van der Waals surface area contributed by atoms with Gasteiger partial charge in [0.2, 0.25) is 0 Å². The molecule has 0 fully saturated rings. The molecule has 1 heterocycles. The zero-order valence-corrected chi connectivity index (χ0v) is 19.6. The van der Waals surface area contributed by atoms with Crippen LogP contribution in [0.1, 0.15) is 34.1 Å². The molecule has 1 aromatic heterocycles. The number of rotatable bonds is 6. The van der Waals surface area contributed by atoms with E-state index in [1.165, 1.54) is 6.07 Å². The van der Waals surface area contributed by atoms with Gasteiger partial charge in [-0.2, -0.15) is 0 Å². The molecular weight excluding hydrogens is 427 g/mol. The molecule has 2 rings (SSSR count). The van der Waals surface area contributed by atoms with Crippen molar-refractivity contribution < 1.29 is 8.82 Å². The minimum absolute atomic E-state index is 0.0377. The third kappa shape index (κ3) is 5.28. The Hall–Kier alpha value is -1.02. The lowest BCUT2D eigenvalue weighted by Crippen LogP contribution is -2.46. The predicted octanol–water partition coefficient (Wildman–Crippen LogP) is 5.03. The van der Waals surface area contributed by atoms with Gasteiger partial charge in [0.1, 0.15) is 5.82 Å². The molecule has 0 spiro atoms. The summed E-state index contributed by atoms with van der Waals surface area (Å²) in [6.07, 6.45) is 2.24. The van der Waals surface area contributed by atoms with Crippen LogP contribution in [0.15, 0.2) is 33.7 Å². The maximum absolute atomic E-state index is 13.9. The van der Waals surface area contributed by atoms with Crippen LogP contribution >= 0.6 is 15.9 Å². The molecule has 0 amide bonds. The van der Waals surface area contributed by atoms with Crippen molar-refractivity contribution in [3.05, 3.63) is 45.0 Å². The molecule has 150 valence electrons. The Morgan fingerprint density at radius 2 is 1.96 bits per heavy atom. The van der Waals surface area contributed by atoms with Crippen LogP contribution < -0.4 is 11.3 Å². The van der Waals surface area contributed by atoms with E-state index in [9.17, 15) is 9.18 Å². The highest BCUT2D eigenvalue weighted by atomic mass is 79.9. The number of hydrogen-bond donors (Lipinski definition) is 1. The lowest BCUT2D eigenvalue weighted by Gasteiger charge is -2.39. The van der Waals surface area contributed by atoms with Crippen molar-refractivity contribution >= 4 is 35.0 Å². The first kappa shape index (κ1) is 22.3. The molecule has 0 saturated heterocycles. The van der Waals surface area contributed by atoms with Gasteiger partial charge in [-0.25, -0.2) is 4.39 Å². The number of hydrogen-bond acceptors (Lipinski definition) is 3. The molecule has 27 heavy (non-hydrogen) atoms. The van der Waals surface area contributed by atoms with Crippen LogP contribution in [0.4, 0.5) is 4.39 Å². The second-order valence-corrected chi connectivity index (χ2v) is 14.5. The molecule has 0 bridgehead atoms. The van der Waals surface area contributed by atoms with Gasteiger partial charge in [-0.1, -0.05) is 20.8 Å². The second-order valence-electron chi connectivity index (χ2n) is 8.84. The second kappa shape index (κ2) is 8.15. The molecule has 2 N–H and O–H groups in total. The first-order chi connectivity index (χ1) is 12.3. The highest BCUT2D eigenvalue weighted by Crippen LogP contribution is 2.37. The fraction of sp³-hybridized carbons (Fsp3) is 0.550. The van der Waals surface area contributed by atoms with E-state index in [4.69, 9.17) is 10.2 Å². The van der Waals surface area contributed by atoms with E-state index in [1.54, 1.807) is 16.8 Å². The number of benzene rings is 1. The summed E-state index contributed by atoms with van der Waals surface area (Å²) in [5.41, 5.74) is 5.82. The third-order valence-corrected chi connectivity index (χ3v) is 10.5. The van der Waals surface area contributed by atoms with Crippen molar-refractivity contribution in [3.63, 3.8) is 0 Å². The maximum Gasteiger partial charge on any atom is 0.258 e. The van der Waals surface area contributed by atoms with E-state index in [-0.39, 0.29) is 22.7 Å². The van der Waals surface area contributed by atoms with E-state index in [0.29, 0.717) is 28.2 Å². The van der Waals surface area contributed by atoms with E-state index in [0.717, 1.165) is 0 Å². The highest BCUT2D eigenvalue weighted by molar-refractivity contribution is 9.10. The summed E-state index contributed by atoms with van der Waals surface area (Å²) in [7, 11) is -2.01. The van der Waals surface area contributed by atoms with Crippen LogP contribution in [-0.4, -0.2) is 25.0 Å². The Bertz CT molecular complexity index is 875. The molecule has 0 aliphatic rings. The van der Waals surface area contributed by atoms with E-state index in [1.807, 2.05) is 13.0 Å². The average Bonchev–Trinajstić information content (AvgIpc) is 2.50. The molecule has 0 radical (unpaired) electrons. The summed E-state index contributed by atoms with van der Waals surface area (Å²) in [5.74, 6) is -0.443. The Balaban J connectivity index is 2.38. The van der Waals surface area contributed by atoms with Crippen molar-refractivity contribution in [2.24, 2.45) is 5.73 Å². The van der Waals surface area contributed by atoms with Crippen molar-refractivity contribution in [3.8, 4) is 0 Å². The lowest BCUT2D eigenvalue weighted by molar-refractivity contribution is 0.144. The van der Waals surface area contributed by atoms with E-state index >= 15 is 0 Å².